The number of ether oxygens (including phenoxy) is 1. The zero-order chi connectivity index (χ0) is 18.6. The van der Waals surface area contributed by atoms with Crippen molar-refractivity contribution >= 4 is 11.6 Å². The molecule has 0 radical (unpaired) electrons. The zero-order valence-electron chi connectivity index (χ0n) is 16.1. The Bertz CT molecular complexity index is 819. The Morgan fingerprint density at radius 1 is 1.19 bits per heavy atom. The standard InChI is InChI=1S/C22H28N4O/c1-23-22(24-14-17-13-16-7-3-4-8-19(16)17)25-18-11-12-26(15-18)20-9-5-6-10-21(20)27-2/h3-10,17-18H,11-15H2,1-2H3,(H2,23,24,25). The van der Waals surface area contributed by atoms with E-state index in [0.717, 1.165) is 44.2 Å². The highest BCUT2D eigenvalue weighted by molar-refractivity contribution is 5.80. The summed E-state index contributed by atoms with van der Waals surface area (Å²) in [7, 11) is 3.58. The number of nitrogens with zero attached hydrogens (tertiary/aromatic N) is 2. The van der Waals surface area contributed by atoms with Crippen molar-refractivity contribution in [2.75, 3.05) is 38.7 Å². The maximum atomic E-state index is 5.51. The monoisotopic (exact) mass is 364 g/mol. The van der Waals surface area contributed by atoms with Crippen molar-refractivity contribution in [2.24, 2.45) is 4.99 Å². The summed E-state index contributed by atoms with van der Waals surface area (Å²) in [5, 5.41) is 7.10. The van der Waals surface area contributed by atoms with Crippen LogP contribution in [0.5, 0.6) is 5.75 Å². The lowest BCUT2D eigenvalue weighted by atomic mass is 9.78. The van der Waals surface area contributed by atoms with E-state index in [1.165, 1.54) is 16.8 Å². The molecule has 4 rings (SSSR count). The SMILES string of the molecule is CN=C(NCC1Cc2ccccc21)NC1CCN(c2ccccc2OC)C1. The van der Waals surface area contributed by atoms with E-state index in [-0.39, 0.29) is 0 Å². The minimum absolute atomic E-state index is 0.384. The normalized spacial score (nSPS) is 21.4. The second-order valence-electron chi connectivity index (χ2n) is 7.30. The molecule has 2 aliphatic rings. The third kappa shape index (κ3) is 3.72. The molecule has 2 aromatic rings. The topological polar surface area (TPSA) is 48.9 Å². The molecule has 5 heteroatoms. The molecule has 0 amide bonds. The Hall–Kier alpha value is -2.69. The zero-order valence-corrected chi connectivity index (χ0v) is 16.1. The quantitative estimate of drug-likeness (QED) is 0.633. The van der Waals surface area contributed by atoms with E-state index in [1.807, 2.05) is 19.2 Å². The van der Waals surface area contributed by atoms with E-state index < -0.39 is 0 Å². The van der Waals surface area contributed by atoms with Crippen molar-refractivity contribution in [2.45, 2.75) is 24.8 Å². The largest absolute Gasteiger partial charge is 0.495 e. The molecule has 2 atom stereocenters. The molecular formula is C22H28N4O. The average Bonchev–Trinajstić information content (AvgIpc) is 3.16. The fourth-order valence-corrected chi connectivity index (χ4v) is 4.14. The third-order valence-electron chi connectivity index (χ3n) is 5.66. The van der Waals surface area contributed by atoms with E-state index in [1.54, 1.807) is 7.11 Å². The molecule has 0 aromatic heterocycles. The van der Waals surface area contributed by atoms with Crippen molar-refractivity contribution in [3.63, 3.8) is 0 Å². The molecule has 0 saturated carbocycles. The highest BCUT2D eigenvalue weighted by Crippen LogP contribution is 2.34. The first-order chi connectivity index (χ1) is 13.3. The molecule has 1 heterocycles. The van der Waals surface area contributed by atoms with Crippen molar-refractivity contribution in [3.05, 3.63) is 59.7 Å². The highest BCUT2D eigenvalue weighted by atomic mass is 16.5. The van der Waals surface area contributed by atoms with Crippen LogP contribution in [0.25, 0.3) is 0 Å². The molecule has 1 aliphatic heterocycles. The average molecular weight is 364 g/mol. The summed E-state index contributed by atoms with van der Waals surface area (Å²) in [6.45, 7) is 2.90. The van der Waals surface area contributed by atoms with Gasteiger partial charge in [0.2, 0.25) is 0 Å². The predicted molar refractivity (Wildman–Crippen MR) is 111 cm³/mol. The van der Waals surface area contributed by atoms with Gasteiger partial charge in [-0.25, -0.2) is 0 Å². The van der Waals surface area contributed by atoms with Crippen LogP contribution < -0.4 is 20.3 Å². The molecule has 1 aliphatic carbocycles. The molecule has 1 saturated heterocycles. The number of methoxy groups -OCH3 is 1. The van der Waals surface area contributed by atoms with Gasteiger partial charge in [0, 0.05) is 38.6 Å². The summed E-state index contributed by atoms with van der Waals surface area (Å²) in [4.78, 5) is 6.80. The lowest BCUT2D eigenvalue weighted by molar-refractivity contribution is 0.415. The van der Waals surface area contributed by atoms with Crippen LogP contribution in [-0.2, 0) is 6.42 Å². The van der Waals surface area contributed by atoms with Crippen LogP contribution in [0.2, 0.25) is 0 Å². The highest BCUT2D eigenvalue weighted by Gasteiger charge is 2.27. The minimum atomic E-state index is 0.384. The fourth-order valence-electron chi connectivity index (χ4n) is 4.14. The molecule has 2 aromatic carbocycles. The number of rotatable bonds is 5. The Balaban J connectivity index is 1.30. The number of guanidine groups is 1. The number of anilines is 1. The summed E-state index contributed by atoms with van der Waals surface area (Å²) in [5.74, 6) is 2.42. The first-order valence-electron chi connectivity index (χ1n) is 9.71. The smallest absolute Gasteiger partial charge is 0.191 e. The fraction of sp³-hybridized carbons (Fsp3) is 0.409. The third-order valence-corrected chi connectivity index (χ3v) is 5.66. The van der Waals surface area contributed by atoms with Gasteiger partial charge in [-0.1, -0.05) is 36.4 Å². The molecule has 0 bridgehead atoms. The number of aliphatic imine (C=N–C) groups is 1. The lowest BCUT2D eigenvalue weighted by Crippen LogP contribution is -2.46. The van der Waals surface area contributed by atoms with Crippen LogP contribution in [-0.4, -0.2) is 45.8 Å². The summed E-state index contributed by atoms with van der Waals surface area (Å²) in [6, 6.07) is 17.3. The molecule has 2 unspecified atom stereocenters. The Morgan fingerprint density at radius 3 is 2.81 bits per heavy atom. The van der Waals surface area contributed by atoms with Gasteiger partial charge in [0.15, 0.2) is 5.96 Å². The van der Waals surface area contributed by atoms with Gasteiger partial charge in [0.1, 0.15) is 5.75 Å². The number of hydrogen-bond donors (Lipinski definition) is 2. The second kappa shape index (κ2) is 7.91. The summed E-state index contributed by atoms with van der Waals surface area (Å²) in [5.41, 5.74) is 4.12. The van der Waals surface area contributed by atoms with Crippen molar-refractivity contribution in [1.29, 1.82) is 0 Å². The first kappa shape index (κ1) is 17.7. The molecular weight excluding hydrogens is 336 g/mol. The van der Waals surface area contributed by atoms with E-state index >= 15 is 0 Å². The van der Waals surface area contributed by atoms with E-state index in [2.05, 4.69) is 56.9 Å². The van der Waals surface area contributed by atoms with Crippen LogP contribution in [0, 0.1) is 0 Å². The van der Waals surface area contributed by atoms with Crippen LogP contribution in [0.4, 0.5) is 5.69 Å². The van der Waals surface area contributed by atoms with Gasteiger partial charge >= 0.3 is 0 Å². The molecule has 142 valence electrons. The number of hydrogen-bond acceptors (Lipinski definition) is 3. The summed E-state index contributed by atoms with van der Waals surface area (Å²) >= 11 is 0. The van der Waals surface area contributed by atoms with Gasteiger partial charge in [-0.2, -0.15) is 0 Å². The summed E-state index contributed by atoms with van der Waals surface area (Å²) in [6.07, 6.45) is 2.25. The van der Waals surface area contributed by atoms with Crippen LogP contribution in [0.15, 0.2) is 53.5 Å². The van der Waals surface area contributed by atoms with Gasteiger partial charge in [-0.15, -0.1) is 0 Å². The number of fused-ring (bicyclic) bond motifs is 1. The van der Waals surface area contributed by atoms with Gasteiger partial charge in [-0.05, 0) is 36.1 Å². The van der Waals surface area contributed by atoms with Crippen LogP contribution in [0.3, 0.4) is 0 Å². The number of benzene rings is 2. The Kier molecular flexibility index (Phi) is 5.19. The van der Waals surface area contributed by atoms with Gasteiger partial charge in [-0.3, -0.25) is 4.99 Å². The molecule has 2 N–H and O–H groups in total. The van der Waals surface area contributed by atoms with E-state index in [0.29, 0.717) is 12.0 Å². The molecule has 0 spiro atoms. The van der Waals surface area contributed by atoms with E-state index in [4.69, 9.17) is 4.74 Å². The molecule has 1 fully saturated rings. The van der Waals surface area contributed by atoms with Crippen LogP contribution >= 0.6 is 0 Å². The van der Waals surface area contributed by atoms with Crippen molar-refractivity contribution in [3.8, 4) is 5.75 Å². The second-order valence-corrected chi connectivity index (χ2v) is 7.30. The predicted octanol–water partition coefficient (Wildman–Crippen LogP) is 2.78. The lowest BCUT2D eigenvalue weighted by Gasteiger charge is -2.31. The van der Waals surface area contributed by atoms with Gasteiger partial charge in [0.05, 0.1) is 12.8 Å². The van der Waals surface area contributed by atoms with Crippen molar-refractivity contribution in [1.82, 2.24) is 10.6 Å². The van der Waals surface area contributed by atoms with E-state index in [9.17, 15) is 0 Å². The van der Waals surface area contributed by atoms with Crippen LogP contribution in [0.1, 0.15) is 23.5 Å². The maximum absolute atomic E-state index is 5.51. The number of nitrogens with one attached hydrogen (secondary N) is 2. The van der Waals surface area contributed by atoms with Gasteiger partial charge in [0.25, 0.3) is 0 Å². The first-order valence-corrected chi connectivity index (χ1v) is 9.71. The number of para-hydroxylation sites is 2. The molecule has 5 nitrogen and oxygen atoms in total. The van der Waals surface area contributed by atoms with Gasteiger partial charge < -0.3 is 20.3 Å². The Morgan fingerprint density at radius 2 is 2.00 bits per heavy atom. The minimum Gasteiger partial charge on any atom is -0.495 e. The Labute approximate surface area is 161 Å². The van der Waals surface area contributed by atoms with Crippen molar-refractivity contribution < 1.29 is 4.74 Å². The maximum Gasteiger partial charge on any atom is 0.191 e. The molecule has 27 heavy (non-hydrogen) atoms. The summed E-state index contributed by atoms with van der Waals surface area (Å²) < 4.78 is 5.51.